The number of alkyl halides is 3. The summed E-state index contributed by atoms with van der Waals surface area (Å²) in [5.41, 5.74) is -2.14. The number of carbonyl (C=O) groups is 3. The van der Waals surface area contributed by atoms with Gasteiger partial charge >= 0.3 is 12.2 Å². The Morgan fingerprint density at radius 1 is 1.19 bits per heavy atom. The van der Waals surface area contributed by atoms with Crippen LogP contribution in [0.2, 0.25) is 0 Å². The highest BCUT2D eigenvalue weighted by Gasteiger charge is 2.61. The number of anilines is 1. The van der Waals surface area contributed by atoms with E-state index in [0.29, 0.717) is 4.90 Å². The predicted octanol–water partition coefficient (Wildman–Crippen LogP) is 1.84. The molecular formula is C15H11F3N4O4S. The van der Waals surface area contributed by atoms with Crippen LogP contribution in [0.5, 0.6) is 0 Å². The van der Waals surface area contributed by atoms with Crippen molar-refractivity contribution >= 4 is 34.2 Å². The standard InChI is InChI=1S/C15H11F3N4O4S/c1-7-3-5-8(6-4-7)9(23)14(26)11(24)22(13(25)21(14)2)12-20-19-10(27-12)15(16,17)18/h3-6,26H,1-2H3. The number of nitrogens with zero attached hydrogens (tertiary/aromatic N) is 4. The number of likely N-dealkylation sites (N-methyl/N-ethyl adjacent to an activating group) is 1. The number of amides is 3. The van der Waals surface area contributed by atoms with Crippen LogP contribution in [0, 0.1) is 6.92 Å². The van der Waals surface area contributed by atoms with E-state index in [9.17, 15) is 32.7 Å². The number of ketones is 1. The van der Waals surface area contributed by atoms with Crippen LogP contribution in [0.25, 0.3) is 0 Å². The monoisotopic (exact) mass is 400 g/mol. The molecule has 1 aliphatic heterocycles. The number of urea groups is 1. The maximum Gasteiger partial charge on any atom is 0.445 e. The molecule has 0 saturated carbocycles. The minimum absolute atomic E-state index is 0.0498. The topological polar surface area (TPSA) is 104 Å². The first-order valence-electron chi connectivity index (χ1n) is 7.35. The molecule has 27 heavy (non-hydrogen) atoms. The van der Waals surface area contributed by atoms with Crippen molar-refractivity contribution in [3.63, 3.8) is 0 Å². The summed E-state index contributed by atoms with van der Waals surface area (Å²) >= 11 is -0.0552. The second kappa shape index (κ2) is 6.09. The Kier molecular flexibility index (Phi) is 4.27. The number of aliphatic hydroxyl groups is 1. The second-order valence-electron chi connectivity index (χ2n) is 5.74. The Morgan fingerprint density at radius 3 is 2.30 bits per heavy atom. The lowest BCUT2D eigenvalue weighted by molar-refractivity contribution is -0.138. The van der Waals surface area contributed by atoms with Crippen molar-refractivity contribution in [1.82, 2.24) is 15.1 Å². The van der Waals surface area contributed by atoms with Crippen molar-refractivity contribution in [2.45, 2.75) is 18.8 Å². The Labute approximate surface area is 153 Å². The molecule has 142 valence electrons. The van der Waals surface area contributed by atoms with E-state index in [1.54, 1.807) is 19.1 Å². The van der Waals surface area contributed by atoms with Gasteiger partial charge in [-0.2, -0.15) is 18.1 Å². The molecule has 3 amide bonds. The minimum Gasteiger partial charge on any atom is -0.357 e. The molecular weight excluding hydrogens is 389 g/mol. The zero-order chi connectivity index (χ0) is 20.1. The summed E-state index contributed by atoms with van der Waals surface area (Å²) in [6.07, 6.45) is -4.82. The number of benzene rings is 1. The van der Waals surface area contributed by atoms with Crippen LogP contribution < -0.4 is 4.90 Å². The van der Waals surface area contributed by atoms with Gasteiger partial charge in [0.15, 0.2) is 0 Å². The van der Waals surface area contributed by atoms with E-state index in [1.807, 2.05) is 0 Å². The number of hydrogen-bond donors (Lipinski definition) is 1. The molecule has 2 aromatic rings. The Morgan fingerprint density at radius 2 is 1.78 bits per heavy atom. The van der Waals surface area contributed by atoms with Crippen molar-refractivity contribution in [2.24, 2.45) is 0 Å². The normalized spacial score (nSPS) is 20.5. The SMILES string of the molecule is Cc1ccc(C(=O)C2(O)C(=O)N(c3nnc(C(F)(F)F)s3)C(=O)N2C)cc1. The molecule has 3 rings (SSSR count). The minimum atomic E-state index is -4.82. The number of aryl methyl sites for hydroxylation is 1. The summed E-state index contributed by atoms with van der Waals surface area (Å²) in [6.45, 7) is 1.76. The lowest BCUT2D eigenvalue weighted by atomic mass is 9.99. The number of imide groups is 1. The molecule has 12 heteroatoms. The lowest BCUT2D eigenvalue weighted by Gasteiger charge is -2.24. The second-order valence-corrected chi connectivity index (χ2v) is 6.69. The van der Waals surface area contributed by atoms with Crippen molar-refractivity contribution in [2.75, 3.05) is 11.9 Å². The number of halogens is 3. The van der Waals surface area contributed by atoms with Crippen LogP contribution in [-0.2, 0) is 11.0 Å². The summed E-state index contributed by atoms with van der Waals surface area (Å²) in [5, 5.41) is 14.7. The highest BCUT2D eigenvalue weighted by molar-refractivity contribution is 7.15. The first-order chi connectivity index (χ1) is 12.5. The fourth-order valence-corrected chi connectivity index (χ4v) is 3.12. The molecule has 0 spiro atoms. The molecule has 1 N–H and O–H groups in total. The highest BCUT2D eigenvalue weighted by atomic mass is 32.1. The zero-order valence-electron chi connectivity index (χ0n) is 13.8. The van der Waals surface area contributed by atoms with E-state index < -0.39 is 39.8 Å². The molecule has 1 aliphatic rings. The molecule has 1 saturated heterocycles. The number of aromatic nitrogens is 2. The maximum absolute atomic E-state index is 12.7. The predicted molar refractivity (Wildman–Crippen MR) is 86.0 cm³/mol. The number of hydrogen-bond acceptors (Lipinski definition) is 7. The van der Waals surface area contributed by atoms with Gasteiger partial charge in [0.05, 0.1) is 0 Å². The van der Waals surface area contributed by atoms with E-state index in [1.165, 1.54) is 12.1 Å². The summed E-state index contributed by atoms with van der Waals surface area (Å²) in [7, 11) is 0.984. The van der Waals surface area contributed by atoms with Gasteiger partial charge in [0.2, 0.25) is 15.9 Å². The third kappa shape index (κ3) is 2.86. The number of Topliss-reactive ketones (excluding diaryl/α,β-unsaturated/α-hetero) is 1. The molecule has 0 aliphatic carbocycles. The smallest absolute Gasteiger partial charge is 0.357 e. The first kappa shape index (κ1) is 18.9. The summed E-state index contributed by atoms with van der Waals surface area (Å²) in [5.74, 6) is -2.52. The zero-order valence-corrected chi connectivity index (χ0v) is 14.6. The van der Waals surface area contributed by atoms with E-state index in [4.69, 9.17) is 0 Å². The van der Waals surface area contributed by atoms with Crippen molar-refractivity contribution in [1.29, 1.82) is 0 Å². The van der Waals surface area contributed by atoms with E-state index in [0.717, 1.165) is 12.6 Å². The molecule has 2 heterocycles. The first-order valence-corrected chi connectivity index (χ1v) is 8.16. The molecule has 1 fully saturated rings. The molecule has 0 bridgehead atoms. The van der Waals surface area contributed by atoms with Gasteiger partial charge in [0, 0.05) is 12.6 Å². The summed E-state index contributed by atoms with van der Waals surface area (Å²) < 4.78 is 38.1. The molecule has 8 nitrogen and oxygen atoms in total. The highest BCUT2D eigenvalue weighted by Crippen LogP contribution is 2.38. The number of carbonyl (C=O) groups excluding carboxylic acids is 3. The molecule has 1 atom stereocenters. The van der Waals surface area contributed by atoms with E-state index in [2.05, 4.69) is 10.2 Å². The fourth-order valence-electron chi connectivity index (χ4n) is 2.42. The van der Waals surface area contributed by atoms with Gasteiger partial charge in [0.1, 0.15) is 0 Å². The summed E-state index contributed by atoms with van der Waals surface area (Å²) in [6, 6.07) is 4.65. The number of rotatable bonds is 3. The molecule has 1 aromatic carbocycles. The van der Waals surface area contributed by atoms with Gasteiger partial charge < -0.3 is 5.11 Å². The van der Waals surface area contributed by atoms with Crippen LogP contribution in [0.15, 0.2) is 24.3 Å². The van der Waals surface area contributed by atoms with Crippen molar-refractivity contribution in [3.05, 3.63) is 40.4 Å². The molecule has 0 radical (unpaired) electrons. The van der Waals surface area contributed by atoms with Crippen molar-refractivity contribution < 1.29 is 32.7 Å². The van der Waals surface area contributed by atoms with Crippen LogP contribution in [-0.4, -0.2) is 50.7 Å². The van der Waals surface area contributed by atoms with Crippen molar-refractivity contribution in [3.8, 4) is 0 Å². The average molecular weight is 400 g/mol. The van der Waals surface area contributed by atoms with Crippen LogP contribution in [0.1, 0.15) is 20.9 Å². The van der Waals surface area contributed by atoms with Gasteiger partial charge in [-0.1, -0.05) is 41.2 Å². The third-order valence-electron chi connectivity index (χ3n) is 3.94. The van der Waals surface area contributed by atoms with Gasteiger partial charge in [-0.15, -0.1) is 10.2 Å². The fraction of sp³-hybridized carbons (Fsp3) is 0.267. The Balaban J connectivity index is 2.00. The molecule has 1 aromatic heterocycles. The van der Waals surface area contributed by atoms with Crippen LogP contribution in [0.3, 0.4) is 0 Å². The van der Waals surface area contributed by atoms with E-state index >= 15 is 0 Å². The molecule has 1 unspecified atom stereocenters. The van der Waals surface area contributed by atoms with Gasteiger partial charge in [-0.05, 0) is 6.92 Å². The maximum atomic E-state index is 12.7. The van der Waals surface area contributed by atoms with Crippen LogP contribution >= 0.6 is 11.3 Å². The van der Waals surface area contributed by atoms with Gasteiger partial charge in [0.25, 0.3) is 11.6 Å². The largest absolute Gasteiger partial charge is 0.445 e. The average Bonchev–Trinajstić information content (AvgIpc) is 3.15. The van der Waals surface area contributed by atoms with Crippen LogP contribution in [0.4, 0.5) is 23.1 Å². The Hall–Kier alpha value is -2.86. The Bertz CT molecular complexity index is 943. The lowest BCUT2D eigenvalue weighted by Crippen LogP contribution is -2.54. The van der Waals surface area contributed by atoms with Gasteiger partial charge in [-0.25, -0.2) is 4.79 Å². The van der Waals surface area contributed by atoms with E-state index in [-0.39, 0.29) is 21.8 Å². The van der Waals surface area contributed by atoms with Gasteiger partial charge in [-0.3, -0.25) is 14.5 Å². The quantitative estimate of drug-likeness (QED) is 0.479. The summed E-state index contributed by atoms with van der Waals surface area (Å²) in [4.78, 5) is 38.3. The third-order valence-corrected chi connectivity index (χ3v) is 4.90.